The van der Waals surface area contributed by atoms with Crippen molar-refractivity contribution in [1.82, 2.24) is 0 Å². The van der Waals surface area contributed by atoms with Gasteiger partial charge in [-0.3, -0.25) is 0 Å². The fraction of sp³-hybridized carbons (Fsp3) is 0.800. The predicted octanol–water partition coefficient (Wildman–Crippen LogP) is 2.07. The quantitative estimate of drug-likeness (QED) is 0.443. The highest BCUT2D eigenvalue weighted by atomic mass is 14.7. The molecule has 3 fully saturated rings. The van der Waals surface area contributed by atoms with Crippen molar-refractivity contribution >= 4 is 0 Å². The Morgan fingerprint density at radius 1 is 0.800 bits per heavy atom. The van der Waals surface area contributed by atoms with E-state index in [9.17, 15) is 0 Å². The molecule has 0 aliphatic heterocycles. The third-order valence-electron chi connectivity index (χ3n) is 4.70. The summed E-state index contributed by atoms with van der Waals surface area (Å²) in [6.07, 6.45) is 8.18. The van der Waals surface area contributed by atoms with Gasteiger partial charge in [0.2, 0.25) is 0 Å². The molecule has 0 radical (unpaired) electrons. The maximum Gasteiger partial charge on any atom is -0.0165 e. The summed E-state index contributed by atoms with van der Waals surface area (Å²) in [5.41, 5.74) is 0. The Balaban J connectivity index is 1.93. The minimum absolute atomic E-state index is 1.06. The average Bonchev–Trinajstić information content (AvgIpc) is 2.10. The van der Waals surface area contributed by atoms with Crippen molar-refractivity contribution in [2.45, 2.75) is 12.8 Å². The van der Waals surface area contributed by atoms with Crippen LogP contribution in [0.3, 0.4) is 0 Å². The highest BCUT2D eigenvalue weighted by molar-refractivity contribution is 5.29. The standard InChI is InChI=1S/C10H12/c1-2-6-8-4-3-7-5(1)9(6)10(7)8/h1-2,5-10H,3-4H2/t5-,6-,7-,8+,9?,10?/m1/s1. The summed E-state index contributed by atoms with van der Waals surface area (Å²) in [5.74, 6) is 6.82. The van der Waals surface area contributed by atoms with Crippen LogP contribution in [0, 0.1) is 35.5 Å². The summed E-state index contributed by atoms with van der Waals surface area (Å²) in [6.45, 7) is 0. The molecule has 0 aromatic rings. The smallest absolute Gasteiger partial charge is 0.0165 e. The van der Waals surface area contributed by atoms with Gasteiger partial charge in [0.25, 0.3) is 0 Å². The second-order valence-electron chi connectivity index (χ2n) is 4.60. The molecule has 0 amide bonds. The number of hydrogen-bond acceptors (Lipinski definition) is 0. The SMILES string of the molecule is C1=C[C@H]2C3C4[C@@H](CC[C@@H]42)[C@@H]13. The first kappa shape index (κ1) is 4.58. The van der Waals surface area contributed by atoms with Crippen molar-refractivity contribution < 1.29 is 0 Å². The number of rotatable bonds is 0. The molecular weight excluding hydrogens is 120 g/mol. The first-order valence-corrected chi connectivity index (χ1v) is 4.65. The Morgan fingerprint density at radius 2 is 1.40 bits per heavy atom. The van der Waals surface area contributed by atoms with Gasteiger partial charge < -0.3 is 0 Å². The zero-order chi connectivity index (χ0) is 6.29. The van der Waals surface area contributed by atoms with Gasteiger partial charge in [-0.15, -0.1) is 0 Å². The van der Waals surface area contributed by atoms with Crippen LogP contribution in [0.5, 0.6) is 0 Å². The van der Waals surface area contributed by atoms with E-state index in [-0.39, 0.29) is 0 Å². The predicted molar refractivity (Wildman–Crippen MR) is 39.3 cm³/mol. The second-order valence-corrected chi connectivity index (χ2v) is 4.60. The first-order chi connectivity index (χ1) is 4.97. The van der Waals surface area contributed by atoms with Crippen molar-refractivity contribution in [3.05, 3.63) is 12.2 Å². The molecule has 4 aliphatic rings. The molecule has 0 heteroatoms. The van der Waals surface area contributed by atoms with Gasteiger partial charge in [-0.1, -0.05) is 12.2 Å². The summed E-state index contributed by atoms with van der Waals surface area (Å²) in [6, 6.07) is 0. The van der Waals surface area contributed by atoms with Gasteiger partial charge in [-0.05, 0) is 48.3 Å². The molecule has 0 N–H and O–H groups in total. The van der Waals surface area contributed by atoms with E-state index in [2.05, 4.69) is 12.2 Å². The largest absolute Gasteiger partial charge is 0.0845 e. The van der Waals surface area contributed by atoms with Gasteiger partial charge in [0.1, 0.15) is 0 Å². The maximum absolute atomic E-state index is 2.52. The fourth-order valence-corrected chi connectivity index (χ4v) is 4.40. The van der Waals surface area contributed by atoms with Crippen molar-refractivity contribution in [2.75, 3.05) is 0 Å². The zero-order valence-corrected chi connectivity index (χ0v) is 6.03. The van der Waals surface area contributed by atoms with Crippen molar-refractivity contribution in [2.24, 2.45) is 35.5 Å². The lowest BCUT2D eigenvalue weighted by molar-refractivity contribution is -0.112. The van der Waals surface area contributed by atoms with Crippen LogP contribution >= 0.6 is 0 Å². The number of hydrogen-bond donors (Lipinski definition) is 0. The molecule has 0 nitrogen and oxygen atoms in total. The van der Waals surface area contributed by atoms with Crippen molar-refractivity contribution in [3.8, 4) is 0 Å². The van der Waals surface area contributed by atoms with Gasteiger partial charge in [0.05, 0.1) is 0 Å². The minimum atomic E-state index is 1.06. The fourth-order valence-electron chi connectivity index (χ4n) is 4.40. The van der Waals surface area contributed by atoms with Gasteiger partial charge in [0.15, 0.2) is 0 Å². The van der Waals surface area contributed by atoms with Crippen molar-refractivity contribution in [1.29, 1.82) is 0 Å². The van der Waals surface area contributed by atoms with E-state index < -0.39 is 0 Å². The summed E-state index contributed by atoms with van der Waals surface area (Å²) < 4.78 is 0. The summed E-state index contributed by atoms with van der Waals surface area (Å²) >= 11 is 0. The van der Waals surface area contributed by atoms with E-state index in [1.165, 1.54) is 5.92 Å². The molecule has 2 unspecified atom stereocenters. The van der Waals surface area contributed by atoms with E-state index >= 15 is 0 Å². The van der Waals surface area contributed by atoms with Gasteiger partial charge >= 0.3 is 0 Å². The molecular formula is C10H12. The lowest BCUT2D eigenvalue weighted by Gasteiger charge is -2.59. The molecule has 0 spiro atoms. The van der Waals surface area contributed by atoms with Crippen LogP contribution in [0.15, 0.2) is 12.2 Å². The van der Waals surface area contributed by atoms with Crippen LogP contribution in [-0.2, 0) is 0 Å². The Bertz CT molecular complexity index is 206. The molecule has 4 aliphatic carbocycles. The van der Waals surface area contributed by atoms with E-state index in [4.69, 9.17) is 0 Å². The van der Waals surface area contributed by atoms with Crippen molar-refractivity contribution in [3.63, 3.8) is 0 Å². The van der Waals surface area contributed by atoms with Gasteiger partial charge in [-0.25, -0.2) is 0 Å². The lowest BCUT2D eigenvalue weighted by Crippen LogP contribution is -2.56. The minimum Gasteiger partial charge on any atom is -0.0845 e. The third kappa shape index (κ3) is 0.247. The third-order valence-corrected chi connectivity index (χ3v) is 4.70. The van der Waals surface area contributed by atoms with E-state index in [0.717, 1.165) is 29.6 Å². The van der Waals surface area contributed by atoms with E-state index in [1.807, 2.05) is 0 Å². The average molecular weight is 132 g/mol. The van der Waals surface area contributed by atoms with Crippen LogP contribution in [0.2, 0.25) is 0 Å². The molecule has 0 heterocycles. The molecule has 6 atom stereocenters. The highest BCUT2D eigenvalue weighted by Crippen LogP contribution is 2.74. The van der Waals surface area contributed by atoms with Crippen LogP contribution in [0.4, 0.5) is 0 Å². The molecule has 0 aromatic heterocycles. The van der Waals surface area contributed by atoms with E-state index in [0.29, 0.717) is 0 Å². The Labute approximate surface area is 61.3 Å². The van der Waals surface area contributed by atoms with Crippen LogP contribution < -0.4 is 0 Å². The number of allylic oxidation sites excluding steroid dienone is 2. The van der Waals surface area contributed by atoms with Gasteiger partial charge in [0, 0.05) is 0 Å². The highest BCUT2D eigenvalue weighted by Gasteiger charge is 2.69. The summed E-state index contributed by atoms with van der Waals surface area (Å²) in [5, 5.41) is 0. The Kier molecular flexibility index (Phi) is 0.508. The molecule has 4 rings (SSSR count). The van der Waals surface area contributed by atoms with E-state index in [1.54, 1.807) is 12.8 Å². The Hall–Kier alpha value is -0.260. The number of fused-ring (bicyclic) bond motifs is 2. The van der Waals surface area contributed by atoms with Gasteiger partial charge in [-0.2, -0.15) is 0 Å². The maximum atomic E-state index is 2.52. The summed E-state index contributed by atoms with van der Waals surface area (Å²) in [7, 11) is 0. The zero-order valence-electron chi connectivity index (χ0n) is 6.03. The molecule has 3 saturated carbocycles. The topological polar surface area (TPSA) is 0 Å². The molecule has 0 bridgehead atoms. The van der Waals surface area contributed by atoms with Crippen LogP contribution in [-0.4, -0.2) is 0 Å². The monoisotopic (exact) mass is 132 g/mol. The summed E-state index contributed by atoms with van der Waals surface area (Å²) in [4.78, 5) is 0. The normalized spacial score (nSPS) is 72.8. The second kappa shape index (κ2) is 1.11. The van der Waals surface area contributed by atoms with Crippen LogP contribution in [0.1, 0.15) is 12.8 Å². The molecule has 0 aromatic carbocycles. The molecule has 10 heavy (non-hydrogen) atoms. The van der Waals surface area contributed by atoms with Crippen LogP contribution in [0.25, 0.3) is 0 Å². The molecule has 0 saturated heterocycles. The lowest BCUT2D eigenvalue weighted by atomic mass is 9.44. The Morgan fingerprint density at radius 3 is 2.00 bits per heavy atom. The first-order valence-electron chi connectivity index (χ1n) is 4.65. The molecule has 52 valence electrons.